The Bertz CT molecular complexity index is 902. The van der Waals surface area contributed by atoms with Crippen LogP contribution in [0.25, 0.3) is 11.4 Å². The molecule has 0 radical (unpaired) electrons. The van der Waals surface area contributed by atoms with Gasteiger partial charge in [-0.1, -0.05) is 5.16 Å². The first-order valence-electron chi connectivity index (χ1n) is 8.28. The summed E-state index contributed by atoms with van der Waals surface area (Å²) in [5.41, 5.74) is -0.689. The molecule has 1 aliphatic rings. The molecule has 7 nitrogen and oxygen atoms in total. The fourth-order valence-electron chi connectivity index (χ4n) is 3.06. The van der Waals surface area contributed by atoms with Gasteiger partial charge in [0.25, 0.3) is 11.8 Å². The second kappa shape index (κ2) is 6.62. The number of alkyl halides is 1. The minimum atomic E-state index is -1.86. The molecular formula is C18H16FN5O2. The van der Waals surface area contributed by atoms with Crippen molar-refractivity contribution in [3.63, 3.8) is 0 Å². The zero-order valence-electron chi connectivity index (χ0n) is 13.9. The molecule has 4 rings (SSSR count). The third-order valence-electron chi connectivity index (χ3n) is 4.40. The van der Waals surface area contributed by atoms with Crippen molar-refractivity contribution in [3.05, 3.63) is 60.5 Å². The summed E-state index contributed by atoms with van der Waals surface area (Å²) in [6, 6.07) is 6.68. The van der Waals surface area contributed by atoms with Gasteiger partial charge in [0.15, 0.2) is 0 Å². The number of carbonyl (C=O) groups excluding carboxylic acids is 1. The first-order valence-corrected chi connectivity index (χ1v) is 8.28. The number of likely N-dealkylation sites (tertiary alicyclic amines) is 1. The molecule has 0 spiro atoms. The molecule has 0 N–H and O–H groups in total. The molecule has 1 saturated heterocycles. The maximum Gasteiger partial charge on any atom is 0.266 e. The highest BCUT2D eigenvalue weighted by Gasteiger charge is 2.44. The van der Waals surface area contributed by atoms with Gasteiger partial charge in [0.1, 0.15) is 0 Å². The molecule has 1 fully saturated rings. The van der Waals surface area contributed by atoms with Crippen molar-refractivity contribution >= 4 is 5.91 Å². The largest absolute Gasteiger partial charge is 0.335 e. The van der Waals surface area contributed by atoms with Gasteiger partial charge in [0, 0.05) is 42.5 Å². The zero-order chi connectivity index (χ0) is 18.0. The van der Waals surface area contributed by atoms with Crippen molar-refractivity contribution in [1.82, 2.24) is 25.0 Å². The number of aromatic nitrogens is 4. The van der Waals surface area contributed by atoms with Crippen molar-refractivity contribution in [2.75, 3.05) is 13.1 Å². The van der Waals surface area contributed by atoms with Crippen molar-refractivity contribution in [1.29, 1.82) is 0 Å². The van der Waals surface area contributed by atoms with Crippen LogP contribution in [0.1, 0.15) is 29.1 Å². The molecule has 132 valence electrons. The Kier molecular flexibility index (Phi) is 4.16. The quantitative estimate of drug-likeness (QED) is 0.720. The highest BCUT2D eigenvalue weighted by atomic mass is 19.1. The van der Waals surface area contributed by atoms with Gasteiger partial charge in [0.2, 0.25) is 11.5 Å². The van der Waals surface area contributed by atoms with Gasteiger partial charge in [-0.25, -0.2) is 4.39 Å². The summed E-state index contributed by atoms with van der Waals surface area (Å²) in [5, 5.41) is 3.87. The van der Waals surface area contributed by atoms with Gasteiger partial charge < -0.3 is 9.42 Å². The van der Waals surface area contributed by atoms with Crippen LogP contribution in [0.3, 0.4) is 0 Å². The van der Waals surface area contributed by atoms with E-state index in [9.17, 15) is 4.79 Å². The molecule has 0 aliphatic carbocycles. The summed E-state index contributed by atoms with van der Waals surface area (Å²) in [7, 11) is 0. The zero-order valence-corrected chi connectivity index (χ0v) is 13.9. The first-order chi connectivity index (χ1) is 12.7. The van der Waals surface area contributed by atoms with E-state index in [1.165, 1.54) is 4.90 Å². The molecule has 4 heterocycles. The maximum atomic E-state index is 15.5. The highest BCUT2D eigenvalue weighted by Crippen LogP contribution is 2.36. The van der Waals surface area contributed by atoms with E-state index in [0.29, 0.717) is 29.9 Å². The van der Waals surface area contributed by atoms with Crippen molar-refractivity contribution < 1.29 is 13.7 Å². The Balaban J connectivity index is 1.56. The predicted molar refractivity (Wildman–Crippen MR) is 89.7 cm³/mol. The summed E-state index contributed by atoms with van der Waals surface area (Å²) in [6.07, 6.45) is 7.03. The molecule has 0 bridgehead atoms. The summed E-state index contributed by atoms with van der Waals surface area (Å²) < 4.78 is 20.7. The summed E-state index contributed by atoms with van der Waals surface area (Å²) in [5.74, 6) is -0.0310. The van der Waals surface area contributed by atoms with Crippen LogP contribution in [0.5, 0.6) is 0 Å². The topological polar surface area (TPSA) is 85.0 Å². The van der Waals surface area contributed by atoms with E-state index in [-0.39, 0.29) is 24.8 Å². The second-order valence-corrected chi connectivity index (χ2v) is 6.19. The third kappa shape index (κ3) is 3.05. The van der Waals surface area contributed by atoms with Crippen LogP contribution in [-0.4, -0.2) is 44.0 Å². The molecule has 3 aromatic rings. The number of carbonyl (C=O) groups is 1. The number of halogens is 1. The Labute approximate surface area is 148 Å². The van der Waals surface area contributed by atoms with Gasteiger partial charge >= 0.3 is 0 Å². The average Bonchev–Trinajstić information content (AvgIpc) is 3.20. The van der Waals surface area contributed by atoms with Crippen LogP contribution < -0.4 is 0 Å². The van der Waals surface area contributed by atoms with E-state index in [1.807, 2.05) is 0 Å². The SMILES string of the molecule is O=C(c1ccncc1)N1CCCC(F)(c2nc(-c3ccncc3)no2)C1. The number of rotatable bonds is 3. The third-order valence-corrected chi connectivity index (χ3v) is 4.40. The normalized spacial score (nSPS) is 20.1. The minimum absolute atomic E-state index is 0.100. The van der Waals surface area contributed by atoms with E-state index in [4.69, 9.17) is 4.52 Å². The van der Waals surface area contributed by atoms with Crippen LogP contribution in [0.4, 0.5) is 4.39 Å². The average molecular weight is 353 g/mol. The molecule has 0 saturated carbocycles. The standard InChI is InChI=1S/C18H16FN5O2/c19-18(17-22-15(23-26-17)13-2-7-20-8-3-13)6-1-11-24(12-18)16(25)14-4-9-21-10-5-14/h2-5,7-10H,1,6,11-12H2. The Morgan fingerprint density at radius 3 is 2.54 bits per heavy atom. The lowest BCUT2D eigenvalue weighted by molar-refractivity contribution is 0.0152. The van der Waals surface area contributed by atoms with Gasteiger partial charge in [-0.05, 0) is 37.1 Å². The number of amides is 1. The monoisotopic (exact) mass is 353 g/mol. The van der Waals surface area contributed by atoms with Gasteiger partial charge in [0.05, 0.1) is 6.54 Å². The molecule has 1 aliphatic heterocycles. The van der Waals surface area contributed by atoms with Crippen LogP contribution in [-0.2, 0) is 5.67 Å². The molecule has 8 heteroatoms. The van der Waals surface area contributed by atoms with Gasteiger partial charge in [-0.2, -0.15) is 4.98 Å². The molecule has 1 unspecified atom stereocenters. The second-order valence-electron chi connectivity index (χ2n) is 6.19. The van der Waals surface area contributed by atoms with Crippen molar-refractivity contribution in [2.45, 2.75) is 18.5 Å². The van der Waals surface area contributed by atoms with Crippen LogP contribution in [0.2, 0.25) is 0 Å². The fraction of sp³-hybridized carbons (Fsp3) is 0.278. The van der Waals surface area contributed by atoms with E-state index in [1.54, 1.807) is 49.1 Å². The minimum Gasteiger partial charge on any atom is -0.335 e. The van der Waals surface area contributed by atoms with Crippen LogP contribution in [0.15, 0.2) is 53.6 Å². The first kappa shape index (κ1) is 16.3. The smallest absolute Gasteiger partial charge is 0.266 e. The molecular weight excluding hydrogens is 337 g/mol. The molecule has 1 amide bonds. The van der Waals surface area contributed by atoms with Gasteiger partial charge in [-0.15, -0.1) is 0 Å². The van der Waals surface area contributed by atoms with Gasteiger partial charge in [-0.3, -0.25) is 14.8 Å². The lowest BCUT2D eigenvalue weighted by Crippen LogP contribution is -2.46. The molecule has 26 heavy (non-hydrogen) atoms. The van der Waals surface area contributed by atoms with Crippen molar-refractivity contribution in [2.24, 2.45) is 0 Å². The van der Waals surface area contributed by atoms with E-state index in [0.717, 1.165) is 0 Å². The lowest BCUT2D eigenvalue weighted by Gasteiger charge is -2.35. The fourth-order valence-corrected chi connectivity index (χ4v) is 3.06. The molecule has 1 atom stereocenters. The Hall–Kier alpha value is -3.16. The summed E-state index contributed by atoms with van der Waals surface area (Å²) in [4.78, 5) is 26.1. The van der Waals surface area contributed by atoms with Crippen LogP contribution in [0, 0.1) is 0 Å². The van der Waals surface area contributed by atoms with Crippen LogP contribution >= 0.6 is 0 Å². The van der Waals surface area contributed by atoms with E-state index < -0.39 is 5.67 Å². The highest BCUT2D eigenvalue weighted by molar-refractivity contribution is 5.94. The Morgan fingerprint density at radius 2 is 1.81 bits per heavy atom. The number of pyridine rings is 2. The van der Waals surface area contributed by atoms with Crippen molar-refractivity contribution in [3.8, 4) is 11.4 Å². The number of nitrogens with zero attached hydrogens (tertiary/aromatic N) is 5. The number of hydrogen-bond acceptors (Lipinski definition) is 6. The Morgan fingerprint density at radius 1 is 1.12 bits per heavy atom. The molecule has 3 aromatic heterocycles. The lowest BCUT2D eigenvalue weighted by atomic mass is 9.94. The summed E-state index contributed by atoms with van der Waals surface area (Å²) in [6.45, 7) is 0.365. The number of hydrogen-bond donors (Lipinski definition) is 0. The predicted octanol–water partition coefficient (Wildman–Crippen LogP) is 2.63. The molecule has 0 aromatic carbocycles. The van der Waals surface area contributed by atoms with E-state index >= 15 is 4.39 Å². The van der Waals surface area contributed by atoms with E-state index in [2.05, 4.69) is 20.1 Å². The maximum absolute atomic E-state index is 15.5. The number of piperidine rings is 1. The summed E-state index contributed by atoms with van der Waals surface area (Å²) >= 11 is 0.